The summed E-state index contributed by atoms with van der Waals surface area (Å²) in [5, 5.41) is 13.6. The number of phenolic OH excluding ortho intramolecular Hbond substituents is 1. The summed E-state index contributed by atoms with van der Waals surface area (Å²) in [6.45, 7) is 1.96. The van der Waals surface area contributed by atoms with Gasteiger partial charge in [0, 0.05) is 30.0 Å². The van der Waals surface area contributed by atoms with Crippen LogP contribution in [0.2, 0.25) is 0 Å². The molecule has 3 rings (SSSR count). The highest BCUT2D eigenvalue weighted by molar-refractivity contribution is 7.15. The lowest BCUT2D eigenvalue weighted by atomic mass is 10.2. The Morgan fingerprint density at radius 3 is 2.81 bits per heavy atom. The second-order valence-corrected chi connectivity index (χ2v) is 4.95. The highest BCUT2D eigenvalue weighted by Crippen LogP contribution is 2.30. The molecule has 2 N–H and O–H groups in total. The van der Waals surface area contributed by atoms with Gasteiger partial charge in [-0.15, -0.1) is 11.3 Å². The van der Waals surface area contributed by atoms with E-state index < -0.39 is 0 Å². The van der Waals surface area contributed by atoms with Crippen LogP contribution in [0.1, 0.15) is 10.6 Å². The first-order valence-corrected chi connectivity index (χ1v) is 6.13. The van der Waals surface area contributed by atoms with Crippen LogP contribution in [0.3, 0.4) is 0 Å². The van der Waals surface area contributed by atoms with Crippen molar-refractivity contribution in [2.75, 3.05) is 6.54 Å². The third kappa shape index (κ3) is 1.70. The monoisotopic (exact) mass is 232 g/mol. The SMILES string of the molecule is Oc1ccc(-c2nc3c(s2)CNCC3)cc1. The van der Waals surface area contributed by atoms with Gasteiger partial charge in [-0.25, -0.2) is 4.98 Å². The van der Waals surface area contributed by atoms with E-state index in [4.69, 9.17) is 0 Å². The molecule has 1 aliphatic heterocycles. The number of phenols is 1. The van der Waals surface area contributed by atoms with Crippen LogP contribution in [-0.4, -0.2) is 16.6 Å². The lowest BCUT2D eigenvalue weighted by molar-refractivity contribution is 0.475. The Labute approximate surface area is 97.8 Å². The number of hydrogen-bond acceptors (Lipinski definition) is 4. The number of rotatable bonds is 1. The van der Waals surface area contributed by atoms with Crippen molar-refractivity contribution in [3.63, 3.8) is 0 Å². The van der Waals surface area contributed by atoms with Crippen LogP contribution in [0.15, 0.2) is 24.3 Å². The van der Waals surface area contributed by atoms with E-state index in [1.54, 1.807) is 23.5 Å². The van der Waals surface area contributed by atoms with E-state index in [2.05, 4.69) is 10.3 Å². The van der Waals surface area contributed by atoms with E-state index in [9.17, 15) is 5.11 Å². The second kappa shape index (κ2) is 3.88. The number of aromatic hydroxyl groups is 1. The first kappa shape index (κ1) is 9.81. The Morgan fingerprint density at radius 1 is 1.25 bits per heavy atom. The van der Waals surface area contributed by atoms with Crippen LogP contribution in [0.5, 0.6) is 5.75 Å². The molecule has 0 aliphatic carbocycles. The average molecular weight is 232 g/mol. The van der Waals surface area contributed by atoms with Gasteiger partial charge in [-0.1, -0.05) is 0 Å². The maximum atomic E-state index is 9.24. The van der Waals surface area contributed by atoms with Crippen molar-refractivity contribution in [2.45, 2.75) is 13.0 Å². The van der Waals surface area contributed by atoms with Crippen molar-refractivity contribution in [3.05, 3.63) is 34.8 Å². The van der Waals surface area contributed by atoms with Gasteiger partial charge in [-0.2, -0.15) is 0 Å². The maximum absolute atomic E-state index is 9.24. The summed E-state index contributed by atoms with van der Waals surface area (Å²) in [6, 6.07) is 7.22. The molecule has 0 unspecified atom stereocenters. The number of hydrogen-bond donors (Lipinski definition) is 2. The third-order valence-corrected chi connectivity index (χ3v) is 3.86. The molecule has 0 bridgehead atoms. The van der Waals surface area contributed by atoms with Gasteiger partial charge < -0.3 is 10.4 Å². The summed E-state index contributed by atoms with van der Waals surface area (Å²) >= 11 is 1.74. The Morgan fingerprint density at radius 2 is 2.06 bits per heavy atom. The summed E-state index contributed by atoms with van der Waals surface area (Å²) in [6.07, 6.45) is 1.02. The van der Waals surface area contributed by atoms with Crippen LogP contribution in [-0.2, 0) is 13.0 Å². The molecule has 4 heteroatoms. The zero-order valence-corrected chi connectivity index (χ0v) is 9.55. The fourth-order valence-corrected chi connectivity index (χ4v) is 2.94. The topological polar surface area (TPSA) is 45.2 Å². The van der Waals surface area contributed by atoms with Crippen molar-refractivity contribution < 1.29 is 5.11 Å². The lowest BCUT2D eigenvalue weighted by Gasteiger charge is -2.09. The molecule has 1 aliphatic rings. The number of aromatic nitrogens is 1. The molecule has 0 saturated carbocycles. The highest BCUT2D eigenvalue weighted by atomic mass is 32.1. The van der Waals surface area contributed by atoms with E-state index >= 15 is 0 Å². The summed E-state index contributed by atoms with van der Waals surface area (Å²) in [5.74, 6) is 0.298. The van der Waals surface area contributed by atoms with E-state index in [-0.39, 0.29) is 0 Å². The fraction of sp³-hybridized carbons (Fsp3) is 0.250. The lowest BCUT2D eigenvalue weighted by Crippen LogP contribution is -2.22. The van der Waals surface area contributed by atoms with E-state index in [0.29, 0.717) is 5.75 Å². The molecule has 16 heavy (non-hydrogen) atoms. The molecule has 1 aromatic carbocycles. The third-order valence-electron chi connectivity index (χ3n) is 2.72. The number of nitrogens with zero attached hydrogens (tertiary/aromatic N) is 1. The van der Waals surface area contributed by atoms with Gasteiger partial charge in [0.15, 0.2) is 0 Å². The largest absolute Gasteiger partial charge is 0.508 e. The molecule has 1 aromatic heterocycles. The molecular formula is C12H12N2OS. The predicted molar refractivity (Wildman–Crippen MR) is 64.6 cm³/mol. The Balaban J connectivity index is 2.00. The van der Waals surface area contributed by atoms with Gasteiger partial charge in [0.1, 0.15) is 10.8 Å². The van der Waals surface area contributed by atoms with Crippen molar-refractivity contribution in [1.29, 1.82) is 0 Å². The fourth-order valence-electron chi connectivity index (χ4n) is 1.85. The van der Waals surface area contributed by atoms with Gasteiger partial charge >= 0.3 is 0 Å². The molecule has 0 atom stereocenters. The van der Waals surface area contributed by atoms with Crippen LogP contribution >= 0.6 is 11.3 Å². The Hall–Kier alpha value is -1.39. The van der Waals surface area contributed by atoms with Crippen LogP contribution < -0.4 is 5.32 Å². The van der Waals surface area contributed by atoms with Crippen molar-refractivity contribution in [3.8, 4) is 16.3 Å². The molecule has 0 spiro atoms. The summed E-state index contributed by atoms with van der Waals surface area (Å²) < 4.78 is 0. The van der Waals surface area contributed by atoms with Crippen molar-refractivity contribution >= 4 is 11.3 Å². The first-order chi connectivity index (χ1) is 7.83. The van der Waals surface area contributed by atoms with Gasteiger partial charge in [0.25, 0.3) is 0 Å². The number of thiazole rings is 1. The summed E-state index contributed by atoms with van der Waals surface area (Å²) in [4.78, 5) is 5.99. The number of fused-ring (bicyclic) bond motifs is 1. The van der Waals surface area contributed by atoms with E-state index in [1.165, 1.54) is 10.6 Å². The Kier molecular flexibility index (Phi) is 2.38. The van der Waals surface area contributed by atoms with Crippen LogP contribution in [0.4, 0.5) is 0 Å². The first-order valence-electron chi connectivity index (χ1n) is 5.31. The predicted octanol–water partition coefficient (Wildman–Crippen LogP) is 2.16. The van der Waals surface area contributed by atoms with Crippen LogP contribution in [0.25, 0.3) is 10.6 Å². The standard InChI is InChI=1S/C12H12N2OS/c15-9-3-1-8(2-4-9)12-14-10-5-6-13-7-11(10)16-12/h1-4,13,15H,5-7H2. The molecule has 0 amide bonds. The average Bonchev–Trinajstić information content (AvgIpc) is 2.73. The minimum Gasteiger partial charge on any atom is -0.508 e. The minimum atomic E-state index is 0.298. The minimum absolute atomic E-state index is 0.298. The number of nitrogens with one attached hydrogen (secondary N) is 1. The molecule has 3 nitrogen and oxygen atoms in total. The number of benzene rings is 1. The maximum Gasteiger partial charge on any atom is 0.123 e. The van der Waals surface area contributed by atoms with Crippen molar-refractivity contribution in [1.82, 2.24) is 10.3 Å². The molecule has 0 saturated heterocycles. The second-order valence-electron chi connectivity index (χ2n) is 3.86. The smallest absolute Gasteiger partial charge is 0.123 e. The molecule has 2 heterocycles. The molecule has 0 radical (unpaired) electrons. The summed E-state index contributed by atoms with van der Waals surface area (Å²) in [7, 11) is 0. The molecule has 82 valence electrons. The van der Waals surface area contributed by atoms with Crippen molar-refractivity contribution in [2.24, 2.45) is 0 Å². The normalized spacial score (nSPS) is 14.8. The van der Waals surface area contributed by atoms with E-state index in [1.807, 2.05) is 12.1 Å². The quantitative estimate of drug-likeness (QED) is 0.792. The summed E-state index contributed by atoms with van der Waals surface area (Å²) in [5.41, 5.74) is 2.31. The molecular weight excluding hydrogens is 220 g/mol. The molecule has 0 fully saturated rings. The van der Waals surface area contributed by atoms with Gasteiger partial charge in [-0.3, -0.25) is 0 Å². The zero-order valence-electron chi connectivity index (χ0n) is 8.73. The van der Waals surface area contributed by atoms with Crippen LogP contribution in [0, 0.1) is 0 Å². The van der Waals surface area contributed by atoms with E-state index in [0.717, 1.165) is 30.1 Å². The van der Waals surface area contributed by atoms with Gasteiger partial charge in [0.05, 0.1) is 5.69 Å². The zero-order chi connectivity index (χ0) is 11.0. The highest BCUT2D eigenvalue weighted by Gasteiger charge is 2.15. The molecule has 2 aromatic rings. The van der Waals surface area contributed by atoms with Gasteiger partial charge in [0.2, 0.25) is 0 Å². The Bertz CT molecular complexity index is 481. The van der Waals surface area contributed by atoms with Gasteiger partial charge in [-0.05, 0) is 24.3 Å².